The summed E-state index contributed by atoms with van der Waals surface area (Å²) in [6, 6.07) is 0. The third-order valence-electron chi connectivity index (χ3n) is 16.6. The number of carbonyl (C=O) groups is 4. The molecule has 0 heterocycles. The Balaban J connectivity index is 5.30. The van der Waals surface area contributed by atoms with Gasteiger partial charge in [-0.1, -0.05) is 272 Å². The SMILES string of the molecule is CCCCCC/C=C\C=C/CCCCCCCC(=O)O[C@H](COC(=O)CCCCCCCCC(C)CC)COP(=O)(O)OC[C@@H](O)COP(=O)(O)OC[C@@H](COC(=O)CCCCCCCCC(C)CC)OC(=O)CCCCCCCCCCCCC(C)CC. The van der Waals surface area contributed by atoms with E-state index in [2.05, 4.69) is 72.8 Å². The van der Waals surface area contributed by atoms with Gasteiger partial charge in [-0.25, -0.2) is 9.13 Å². The smallest absolute Gasteiger partial charge is 0.462 e. The van der Waals surface area contributed by atoms with Crippen LogP contribution in [0.2, 0.25) is 0 Å². The van der Waals surface area contributed by atoms with E-state index in [9.17, 15) is 43.2 Å². The second-order valence-electron chi connectivity index (χ2n) is 25.3. The molecule has 0 aromatic rings. The van der Waals surface area contributed by atoms with Crippen LogP contribution in [0.1, 0.15) is 325 Å². The molecule has 19 heteroatoms. The lowest BCUT2D eigenvalue weighted by molar-refractivity contribution is -0.161. The molecule has 0 saturated carbocycles. The predicted octanol–water partition coefficient (Wildman–Crippen LogP) is 19.4. The first-order valence-electron chi connectivity index (χ1n) is 35.8. The molecular weight excluding hydrogens is 1170 g/mol. The highest BCUT2D eigenvalue weighted by Gasteiger charge is 2.30. The van der Waals surface area contributed by atoms with Gasteiger partial charge in [0.25, 0.3) is 0 Å². The summed E-state index contributed by atoms with van der Waals surface area (Å²) in [7, 11) is -9.91. The molecular formula is C70H132O17P2. The highest BCUT2D eigenvalue weighted by Crippen LogP contribution is 2.45. The molecule has 0 fully saturated rings. The van der Waals surface area contributed by atoms with Crippen LogP contribution in [0.4, 0.5) is 0 Å². The van der Waals surface area contributed by atoms with E-state index in [-0.39, 0.29) is 25.7 Å². The first-order valence-corrected chi connectivity index (χ1v) is 38.8. The minimum absolute atomic E-state index is 0.0835. The molecule has 0 aliphatic heterocycles. The monoisotopic (exact) mass is 1310 g/mol. The van der Waals surface area contributed by atoms with E-state index in [1.807, 2.05) is 0 Å². The molecule has 0 aliphatic rings. The van der Waals surface area contributed by atoms with E-state index < -0.39 is 97.5 Å². The van der Waals surface area contributed by atoms with Crippen LogP contribution in [0, 0.1) is 17.8 Å². The summed E-state index contributed by atoms with van der Waals surface area (Å²) in [6.45, 7) is 11.7. The first-order chi connectivity index (χ1) is 42.8. The van der Waals surface area contributed by atoms with Crippen molar-refractivity contribution in [2.24, 2.45) is 17.8 Å². The standard InChI is InChI=1S/C70H132O17P2/c1-8-12-13-14-15-16-17-18-19-20-21-25-28-39-46-53-69(74)86-65(57-80-67(72)51-44-37-32-30-35-42-49-62(6)10-3)59-84-88(76,77)82-55-64(71)56-83-89(78,79)85-60-66(58-81-68(73)52-45-38-33-31-36-43-50-63(7)11-4)87-70(75)54-47-40-29-26-23-22-24-27-34-41-48-61(5)9-2/h16-19,61-66,71H,8-15,20-60H2,1-7H3,(H,76,77)(H,78,79)/b17-16-,19-18-/t61?,62?,63?,64-,65-,66-/m1/s1. The lowest BCUT2D eigenvalue weighted by atomic mass is 9.99. The van der Waals surface area contributed by atoms with Crippen molar-refractivity contribution in [3.8, 4) is 0 Å². The van der Waals surface area contributed by atoms with Crippen LogP contribution in [0.25, 0.3) is 0 Å². The molecule has 5 unspecified atom stereocenters. The van der Waals surface area contributed by atoms with Gasteiger partial charge in [-0.15, -0.1) is 0 Å². The van der Waals surface area contributed by atoms with E-state index >= 15 is 0 Å². The molecule has 89 heavy (non-hydrogen) atoms. The molecule has 8 atom stereocenters. The maximum atomic E-state index is 13.0. The van der Waals surface area contributed by atoms with Crippen molar-refractivity contribution in [3.63, 3.8) is 0 Å². The Morgan fingerprint density at radius 3 is 0.944 bits per heavy atom. The van der Waals surface area contributed by atoms with Gasteiger partial charge in [-0.05, 0) is 69.1 Å². The number of esters is 4. The van der Waals surface area contributed by atoms with Gasteiger partial charge in [0.2, 0.25) is 0 Å². The molecule has 0 radical (unpaired) electrons. The molecule has 0 saturated heterocycles. The minimum atomic E-state index is -4.96. The highest BCUT2D eigenvalue weighted by molar-refractivity contribution is 7.47. The number of rotatable bonds is 66. The van der Waals surface area contributed by atoms with Crippen molar-refractivity contribution in [1.29, 1.82) is 0 Å². The molecule has 0 bridgehead atoms. The number of aliphatic hydroxyl groups excluding tert-OH is 1. The molecule has 0 aliphatic carbocycles. The van der Waals surface area contributed by atoms with Gasteiger partial charge in [-0.3, -0.25) is 37.3 Å². The van der Waals surface area contributed by atoms with E-state index in [0.717, 1.165) is 133 Å². The Morgan fingerprint density at radius 2 is 0.629 bits per heavy atom. The van der Waals surface area contributed by atoms with Crippen LogP contribution in [-0.2, 0) is 65.4 Å². The summed E-state index contributed by atoms with van der Waals surface area (Å²) >= 11 is 0. The maximum absolute atomic E-state index is 13.0. The molecule has 3 N–H and O–H groups in total. The Bertz CT molecular complexity index is 1850. The number of phosphoric ester groups is 2. The highest BCUT2D eigenvalue weighted by atomic mass is 31.2. The summed E-state index contributed by atoms with van der Waals surface area (Å²) in [4.78, 5) is 72.5. The van der Waals surface area contributed by atoms with Crippen LogP contribution in [0.3, 0.4) is 0 Å². The van der Waals surface area contributed by atoms with Crippen molar-refractivity contribution >= 4 is 39.5 Å². The predicted molar refractivity (Wildman–Crippen MR) is 358 cm³/mol. The van der Waals surface area contributed by atoms with E-state index in [0.29, 0.717) is 25.7 Å². The lowest BCUT2D eigenvalue weighted by Gasteiger charge is -2.21. The van der Waals surface area contributed by atoms with Crippen LogP contribution in [0.15, 0.2) is 24.3 Å². The van der Waals surface area contributed by atoms with Gasteiger partial charge in [0, 0.05) is 25.7 Å². The first kappa shape index (κ1) is 86.5. The van der Waals surface area contributed by atoms with Gasteiger partial charge < -0.3 is 33.8 Å². The van der Waals surface area contributed by atoms with Gasteiger partial charge in [0.15, 0.2) is 12.2 Å². The Kier molecular flexibility index (Phi) is 58.8. The molecule has 0 spiro atoms. The van der Waals surface area contributed by atoms with E-state index in [4.69, 9.17) is 37.0 Å². The second-order valence-corrected chi connectivity index (χ2v) is 28.2. The summed E-state index contributed by atoms with van der Waals surface area (Å²) < 4.78 is 68.2. The molecule has 524 valence electrons. The minimum Gasteiger partial charge on any atom is -0.462 e. The summed E-state index contributed by atoms with van der Waals surface area (Å²) in [5.74, 6) is 0.0981. The lowest BCUT2D eigenvalue weighted by Crippen LogP contribution is -2.30. The number of ether oxygens (including phenoxy) is 4. The molecule has 0 aromatic carbocycles. The number of allylic oxidation sites excluding steroid dienone is 4. The fraction of sp³-hybridized carbons (Fsp3) is 0.886. The second kappa shape index (κ2) is 60.5. The van der Waals surface area contributed by atoms with Gasteiger partial charge in [0.1, 0.15) is 19.3 Å². The van der Waals surface area contributed by atoms with Gasteiger partial charge >= 0.3 is 39.5 Å². The van der Waals surface area contributed by atoms with Gasteiger partial charge in [-0.2, -0.15) is 0 Å². The van der Waals surface area contributed by atoms with E-state index in [1.165, 1.54) is 109 Å². The number of aliphatic hydroxyl groups is 1. The fourth-order valence-corrected chi connectivity index (χ4v) is 11.5. The zero-order valence-corrected chi connectivity index (χ0v) is 59.2. The van der Waals surface area contributed by atoms with E-state index in [1.54, 1.807) is 0 Å². The Labute approximate surface area is 542 Å². The Hall–Kier alpha value is -2.46. The van der Waals surface area contributed by atoms with Crippen LogP contribution in [-0.4, -0.2) is 96.7 Å². The average molecular weight is 1310 g/mol. The third-order valence-corrected chi connectivity index (χ3v) is 18.5. The normalized spacial score (nSPS) is 15.3. The van der Waals surface area contributed by atoms with Crippen molar-refractivity contribution in [1.82, 2.24) is 0 Å². The van der Waals surface area contributed by atoms with Crippen LogP contribution >= 0.6 is 15.6 Å². The molecule has 0 rings (SSSR count). The van der Waals surface area contributed by atoms with Gasteiger partial charge in [0.05, 0.1) is 26.4 Å². The summed E-state index contributed by atoms with van der Waals surface area (Å²) in [5.41, 5.74) is 0. The zero-order valence-electron chi connectivity index (χ0n) is 57.4. The summed E-state index contributed by atoms with van der Waals surface area (Å²) in [6.07, 6.45) is 46.6. The Morgan fingerprint density at radius 1 is 0.360 bits per heavy atom. The largest absolute Gasteiger partial charge is 0.472 e. The molecule has 0 aromatic heterocycles. The number of hydrogen-bond acceptors (Lipinski definition) is 15. The number of phosphoric acid groups is 2. The average Bonchev–Trinajstić information content (AvgIpc) is 3.66. The van der Waals surface area contributed by atoms with Crippen LogP contribution < -0.4 is 0 Å². The van der Waals surface area contributed by atoms with Crippen molar-refractivity contribution in [3.05, 3.63) is 24.3 Å². The maximum Gasteiger partial charge on any atom is 0.472 e. The topological polar surface area (TPSA) is 237 Å². The van der Waals surface area contributed by atoms with Crippen molar-refractivity contribution in [2.75, 3.05) is 39.6 Å². The number of unbranched alkanes of at least 4 members (excludes halogenated alkanes) is 28. The third kappa shape index (κ3) is 60.3. The number of hydrogen-bond donors (Lipinski definition) is 3. The number of carbonyl (C=O) groups excluding carboxylic acids is 4. The fourth-order valence-electron chi connectivity index (χ4n) is 9.90. The molecule has 17 nitrogen and oxygen atoms in total. The van der Waals surface area contributed by atoms with Crippen molar-refractivity contribution in [2.45, 2.75) is 343 Å². The summed E-state index contributed by atoms with van der Waals surface area (Å²) in [5, 5.41) is 10.6. The zero-order chi connectivity index (χ0) is 65.9. The van der Waals surface area contributed by atoms with Crippen LogP contribution in [0.5, 0.6) is 0 Å². The van der Waals surface area contributed by atoms with Crippen molar-refractivity contribution < 1.29 is 80.2 Å². The molecule has 0 amide bonds. The quantitative estimate of drug-likeness (QED) is 0.0169.